The Morgan fingerprint density at radius 3 is 3.10 bits per heavy atom. The minimum absolute atomic E-state index is 0.0123. The SMILES string of the molecule is CCC1C=CCN1C(=O)c1sc2nc[nH]c(=O)c2c1C. The van der Waals surface area contributed by atoms with Crippen molar-refractivity contribution >= 4 is 27.5 Å². The molecule has 0 saturated heterocycles. The number of rotatable bonds is 2. The lowest BCUT2D eigenvalue weighted by molar-refractivity contribution is 0.0752. The molecule has 0 spiro atoms. The molecule has 2 aromatic rings. The third-order valence-electron chi connectivity index (χ3n) is 3.67. The molecule has 1 amide bonds. The standard InChI is InChI=1S/C14H15N3O2S/c1-3-9-5-4-6-17(9)14(19)11-8(2)10-12(18)15-7-16-13(10)20-11/h4-5,7,9H,3,6H2,1-2H3,(H,15,16,18). The van der Waals surface area contributed by atoms with Crippen LogP contribution in [0.15, 0.2) is 23.3 Å². The highest BCUT2D eigenvalue weighted by Crippen LogP contribution is 2.29. The lowest BCUT2D eigenvalue weighted by Crippen LogP contribution is -2.35. The predicted octanol–water partition coefficient (Wildman–Crippen LogP) is 2.08. The van der Waals surface area contributed by atoms with Crippen LogP contribution in [0, 0.1) is 6.92 Å². The fraction of sp³-hybridized carbons (Fsp3) is 0.357. The number of aromatic nitrogens is 2. The minimum Gasteiger partial charge on any atom is -0.328 e. The van der Waals surface area contributed by atoms with Crippen molar-refractivity contribution in [3.63, 3.8) is 0 Å². The van der Waals surface area contributed by atoms with Crippen molar-refractivity contribution in [2.45, 2.75) is 26.3 Å². The highest BCUT2D eigenvalue weighted by molar-refractivity contribution is 7.20. The maximum absolute atomic E-state index is 12.7. The van der Waals surface area contributed by atoms with E-state index in [1.807, 2.05) is 17.9 Å². The van der Waals surface area contributed by atoms with Crippen LogP contribution in [-0.4, -0.2) is 33.4 Å². The summed E-state index contributed by atoms with van der Waals surface area (Å²) in [5.74, 6) is -0.0123. The molecule has 3 heterocycles. The third-order valence-corrected chi connectivity index (χ3v) is 4.85. The van der Waals surface area contributed by atoms with Crippen LogP contribution in [0.3, 0.4) is 0 Å². The van der Waals surface area contributed by atoms with Gasteiger partial charge in [-0.2, -0.15) is 0 Å². The van der Waals surface area contributed by atoms with E-state index in [0.717, 1.165) is 12.0 Å². The lowest BCUT2D eigenvalue weighted by atomic mass is 10.1. The summed E-state index contributed by atoms with van der Waals surface area (Å²) in [4.78, 5) is 34.3. The molecule has 0 radical (unpaired) electrons. The molecule has 0 bridgehead atoms. The normalized spacial score (nSPS) is 18.1. The Kier molecular flexibility index (Phi) is 3.17. The zero-order valence-corrected chi connectivity index (χ0v) is 12.2. The molecule has 0 fully saturated rings. The Labute approximate surface area is 119 Å². The Balaban J connectivity index is 2.07. The van der Waals surface area contributed by atoms with Crippen LogP contribution in [0.25, 0.3) is 10.2 Å². The number of H-pyrrole nitrogens is 1. The molecule has 3 rings (SSSR count). The van der Waals surface area contributed by atoms with Gasteiger partial charge in [0, 0.05) is 6.54 Å². The molecule has 0 saturated carbocycles. The van der Waals surface area contributed by atoms with Gasteiger partial charge in [-0.3, -0.25) is 9.59 Å². The van der Waals surface area contributed by atoms with Crippen molar-refractivity contribution in [1.29, 1.82) is 0 Å². The number of nitrogens with one attached hydrogen (secondary N) is 1. The Morgan fingerprint density at radius 2 is 2.40 bits per heavy atom. The second kappa shape index (κ2) is 4.86. The van der Waals surface area contributed by atoms with Crippen molar-refractivity contribution < 1.29 is 4.79 Å². The number of fused-ring (bicyclic) bond motifs is 1. The fourth-order valence-corrected chi connectivity index (χ4v) is 3.68. The molecule has 2 aromatic heterocycles. The topological polar surface area (TPSA) is 66.1 Å². The van der Waals surface area contributed by atoms with Gasteiger partial charge in [-0.25, -0.2) is 4.98 Å². The Morgan fingerprint density at radius 1 is 1.60 bits per heavy atom. The van der Waals surface area contributed by atoms with E-state index in [9.17, 15) is 9.59 Å². The number of thiophene rings is 1. The van der Waals surface area contributed by atoms with Gasteiger partial charge in [-0.05, 0) is 18.9 Å². The molecule has 20 heavy (non-hydrogen) atoms. The molecule has 0 aromatic carbocycles. The monoisotopic (exact) mass is 289 g/mol. The van der Waals surface area contributed by atoms with Crippen molar-refractivity contribution in [3.05, 3.63) is 39.3 Å². The summed E-state index contributed by atoms with van der Waals surface area (Å²) in [5.41, 5.74) is 0.542. The first-order chi connectivity index (χ1) is 9.63. The highest BCUT2D eigenvalue weighted by atomic mass is 32.1. The zero-order valence-electron chi connectivity index (χ0n) is 11.3. The van der Waals surface area contributed by atoms with E-state index in [1.165, 1.54) is 17.7 Å². The van der Waals surface area contributed by atoms with E-state index in [4.69, 9.17) is 0 Å². The second-order valence-electron chi connectivity index (χ2n) is 4.83. The fourth-order valence-electron chi connectivity index (χ4n) is 2.57. The van der Waals surface area contributed by atoms with Gasteiger partial charge >= 0.3 is 0 Å². The number of nitrogens with zero attached hydrogens (tertiary/aromatic N) is 2. The molecule has 1 unspecified atom stereocenters. The number of hydrogen-bond donors (Lipinski definition) is 1. The molecular weight excluding hydrogens is 274 g/mol. The number of amides is 1. The van der Waals surface area contributed by atoms with E-state index in [2.05, 4.69) is 23.0 Å². The van der Waals surface area contributed by atoms with Gasteiger partial charge in [0.1, 0.15) is 4.83 Å². The van der Waals surface area contributed by atoms with Crippen LogP contribution < -0.4 is 5.56 Å². The average Bonchev–Trinajstić information content (AvgIpc) is 3.03. The van der Waals surface area contributed by atoms with Gasteiger partial charge in [0.2, 0.25) is 0 Å². The van der Waals surface area contributed by atoms with E-state index in [0.29, 0.717) is 21.6 Å². The summed E-state index contributed by atoms with van der Waals surface area (Å²) in [6.07, 6.45) is 6.34. The van der Waals surface area contributed by atoms with Crippen LogP contribution in [0.5, 0.6) is 0 Å². The Hall–Kier alpha value is -1.95. The smallest absolute Gasteiger partial charge is 0.265 e. The molecule has 1 aliphatic heterocycles. The molecule has 6 heteroatoms. The van der Waals surface area contributed by atoms with E-state index >= 15 is 0 Å². The maximum atomic E-state index is 12.7. The molecule has 104 valence electrons. The number of carbonyl (C=O) groups is 1. The first-order valence-corrected chi connectivity index (χ1v) is 7.39. The van der Waals surface area contributed by atoms with Crippen LogP contribution >= 0.6 is 11.3 Å². The predicted molar refractivity (Wildman–Crippen MR) is 79.2 cm³/mol. The quantitative estimate of drug-likeness (QED) is 0.861. The number of aromatic amines is 1. The lowest BCUT2D eigenvalue weighted by Gasteiger charge is -2.23. The van der Waals surface area contributed by atoms with Crippen LogP contribution in [0.2, 0.25) is 0 Å². The van der Waals surface area contributed by atoms with Crippen molar-refractivity contribution in [1.82, 2.24) is 14.9 Å². The summed E-state index contributed by atoms with van der Waals surface area (Å²) < 4.78 is 0. The summed E-state index contributed by atoms with van der Waals surface area (Å²) in [6.45, 7) is 4.51. The van der Waals surface area contributed by atoms with E-state index in [1.54, 1.807) is 0 Å². The van der Waals surface area contributed by atoms with Gasteiger partial charge in [0.25, 0.3) is 11.5 Å². The van der Waals surface area contributed by atoms with Crippen LogP contribution in [-0.2, 0) is 0 Å². The van der Waals surface area contributed by atoms with Gasteiger partial charge in [0.05, 0.1) is 22.6 Å². The van der Waals surface area contributed by atoms with Crippen molar-refractivity contribution in [2.75, 3.05) is 6.54 Å². The Bertz CT molecular complexity index is 759. The highest BCUT2D eigenvalue weighted by Gasteiger charge is 2.28. The number of hydrogen-bond acceptors (Lipinski definition) is 4. The number of carbonyl (C=O) groups excluding carboxylic acids is 1. The molecular formula is C14H15N3O2S. The van der Waals surface area contributed by atoms with Gasteiger partial charge in [-0.1, -0.05) is 19.1 Å². The zero-order chi connectivity index (χ0) is 14.3. The van der Waals surface area contributed by atoms with E-state index in [-0.39, 0.29) is 17.5 Å². The van der Waals surface area contributed by atoms with E-state index < -0.39 is 0 Å². The second-order valence-corrected chi connectivity index (χ2v) is 5.83. The summed E-state index contributed by atoms with van der Waals surface area (Å²) >= 11 is 1.30. The van der Waals surface area contributed by atoms with Crippen LogP contribution in [0.4, 0.5) is 0 Å². The number of aryl methyl sites for hydroxylation is 1. The van der Waals surface area contributed by atoms with Crippen LogP contribution in [0.1, 0.15) is 28.6 Å². The van der Waals surface area contributed by atoms with Gasteiger partial charge in [-0.15, -0.1) is 11.3 Å². The molecule has 1 N–H and O–H groups in total. The summed E-state index contributed by atoms with van der Waals surface area (Å²) in [7, 11) is 0. The third kappa shape index (κ3) is 1.87. The molecule has 0 aliphatic carbocycles. The van der Waals surface area contributed by atoms with Gasteiger partial charge < -0.3 is 9.88 Å². The van der Waals surface area contributed by atoms with Crippen molar-refractivity contribution in [3.8, 4) is 0 Å². The molecule has 1 atom stereocenters. The first kappa shape index (κ1) is 13.1. The maximum Gasteiger partial charge on any atom is 0.265 e. The summed E-state index contributed by atoms with van der Waals surface area (Å²) in [5, 5.41) is 0.529. The van der Waals surface area contributed by atoms with Crippen molar-refractivity contribution in [2.24, 2.45) is 0 Å². The molecule has 5 nitrogen and oxygen atoms in total. The minimum atomic E-state index is -0.186. The molecule has 1 aliphatic rings. The largest absolute Gasteiger partial charge is 0.328 e. The summed E-state index contributed by atoms with van der Waals surface area (Å²) in [6, 6.07) is 0.151. The first-order valence-electron chi connectivity index (χ1n) is 6.58. The van der Waals surface area contributed by atoms with Gasteiger partial charge in [0.15, 0.2) is 0 Å². The average molecular weight is 289 g/mol.